The van der Waals surface area contributed by atoms with Crippen LogP contribution in [0.15, 0.2) is 36.5 Å². The van der Waals surface area contributed by atoms with Crippen LogP contribution in [0, 0.1) is 11.6 Å². The number of fused-ring (bicyclic) bond motifs is 1. The number of nitrogens with zero attached hydrogens (tertiary/aromatic N) is 3. The van der Waals surface area contributed by atoms with E-state index in [4.69, 9.17) is 5.11 Å². The molecule has 106 valence electrons. The third-order valence-corrected chi connectivity index (χ3v) is 2.98. The number of imidazole rings is 1. The summed E-state index contributed by atoms with van der Waals surface area (Å²) in [6.07, 6.45) is 1.53. The molecule has 0 amide bonds. The Hall–Kier alpha value is -2.83. The smallest absolute Gasteiger partial charge is 0.323 e. The standard InChI is InChI=1S/C14H9F2N3O2/c15-8-5-11-12(6-9(8)16)19(7-13(20)21)14(18-11)10-3-1-2-4-17-10/h1-6H,7H2,(H,20,21). The summed E-state index contributed by atoms with van der Waals surface area (Å²) >= 11 is 0. The first-order valence-electron chi connectivity index (χ1n) is 6.05. The lowest BCUT2D eigenvalue weighted by molar-refractivity contribution is -0.137. The van der Waals surface area contributed by atoms with Crippen LogP contribution in [-0.2, 0) is 11.3 Å². The van der Waals surface area contributed by atoms with Gasteiger partial charge >= 0.3 is 5.97 Å². The van der Waals surface area contributed by atoms with Crippen molar-refractivity contribution < 1.29 is 18.7 Å². The van der Waals surface area contributed by atoms with Gasteiger partial charge in [-0.1, -0.05) is 6.07 Å². The van der Waals surface area contributed by atoms with Crippen molar-refractivity contribution in [2.45, 2.75) is 6.54 Å². The molecular formula is C14H9F2N3O2. The lowest BCUT2D eigenvalue weighted by atomic mass is 10.3. The molecule has 0 saturated heterocycles. The highest BCUT2D eigenvalue weighted by Crippen LogP contribution is 2.25. The fourth-order valence-corrected chi connectivity index (χ4v) is 2.11. The van der Waals surface area contributed by atoms with Gasteiger partial charge in [0.25, 0.3) is 0 Å². The second-order valence-electron chi connectivity index (χ2n) is 4.39. The number of hydrogen-bond acceptors (Lipinski definition) is 3. The van der Waals surface area contributed by atoms with Gasteiger partial charge in [-0.3, -0.25) is 9.78 Å². The zero-order chi connectivity index (χ0) is 15.0. The largest absolute Gasteiger partial charge is 0.480 e. The van der Waals surface area contributed by atoms with Crippen molar-refractivity contribution in [2.24, 2.45) is 0 Å². The average molecular weight is 289 g/mol. The molecule has 0 aliphatic rings. The van der Waals surface area contributed by atoms with Gasteiger partial charge in [-0.25, -0.2) is 13.8 Å². The van der Waals surface area contributed by atoms with Crippen LogP contribution in [0.3, 0.4) is 0 Å². The molecule has 1 aromatic carbocycles. The molecule has 0 aliphatic carbocycles. The number of carboxylic acid groups (broad SMARTS) is 1. The van der Waals surface area contributed by atoms with Crippen LogP contribution < -0.4 is 0 Å². The summed E-state index contributed by atoms with van der Waals surface area (Å²) in [5.74, 6) is -2.95. The van der Waals surface area contributed by atoms with Crippen molar-refractivity contribution in [3.63, 3.8) is 0 Å². The van der Waals surface area contributed by atoms with E-state index in [0.717, 1.165) is 12.1 Å². The lowest BCUT2D eigenvalue weighted by Gasteiger charge is -2.05. The Morgan fingerprint density at radius 2 is 2.00 bits per heavy atom. The van der Waals surface area contributed by atoms with Crippen LogP contribution in [0.4, 0.5) is 8.78 Å². The van der Waals surface area contributed by atoms with E-state index in [9.17, 15) is 13.6 Å². The predicted octanol–water partition coefficient (Wildman–Crippen LogP) is 2.46. The summed E-state index contributed by atoms with van der Waals surface area (Å²) in [6.45, 7) is -0.423. The Balaban J connectivity index is 2.30. The third kappa shape index (κ3) is 2.33. The molecule has 3 aromatic rings. The van der Waals surface area contributed by atoms with Crippen LogP contribution >= 0.6 is 0 Å². The van der Waals surface area contributed by atoms with E-state index in [-0.39, 0.29) is 16.9 Å². The fraction of sp³-hybridized carbons (Fsp3) is 0.0714. The summed E-state index contributed by atoms with van der Waals surface area (Å²) in [6, 6.07) is 6.94. The van der Waals surface area contributed by atoms with Crippen LogP contribution in [0.2, 0.25) is 0 Å². The van der Waals surface area contributed by atoms with E-state index in [0.29, 0.717) is 5.69 Å². The summed E-state index contributed by atoms with van der Waals surface area (Å²) in [4.78, 5) is 19.3. The van der Waals surface area contributed by atoms with Crippen molar-refractivity contribution in [3.8, 4) is 11.5 Å². The third-order valence-electron chi connectivity index (χ3n) is 2.98. The zero-order valence-electron chi connectivity index (χ0n) is 10.6. The van der Waals surface area contributed by atoms with Gasteiger partial charge in [-0.15, -0.1) is 0 Å². The minimum atomic E-state index is -1.11. The lowest BCUT2D eigenvalue weighted by Crippen LogP contribution is -2.10. The van der Waals surface area contributed by atoms with Crippen LogP contribution in [0.25, 0.3) is 22.6 Å². The first kappa shape index (κ1) is 13.2. The maximum absolute atomic E-state index is 13.4. The quantitative estimate of drug-likeness (QED) is 0.804. The van der Waals surface area contributed by atoms with Crippen molar-refractivity contribution in [2.75, 3.05) is 0 Å². The summed E-state index contributed by atoms with van der Waals surface area (Å²) < 4.78 is 28.0. The molecule has 0 spiro atoms. The number of aliphatic carboxylic acids is 1. The number of hydrogen-bond donors (Lipinski definition) is 1. The molecule has 1 N–H and O–H groups in total. The van der Waals surface area contributed by atoms with E-state index in [1.165, 1.54) is 10.8 Å². The first-order valence-corrected chi connectivity index (χ1v) is 6.05. The second kappa shape index (κ2) is 4.93. The minimum Gasteiger partial charge on any atom is -0.480 e. The van der Waals surface area contributed by atoms with Crippen LogP contribution in [-0.4, -0.2) is 25.6 Å². The van der Waals surface area contributed by atoms with Crippen molar-refractivity contribution in [3.05, 3.63) is 48.2 Å². The number of aromatic nitrogens is 3. The molecule has 7 heteroatoms. The monoisotopic (exact) mass is 289 g/mol. The molecule has 2 heterocycles. The Kier molecular flexibility index (Phi) is 3.09. The van der Waals surface area contributed by atoms with Crippen LogP contribution in [0.1, 0.15) is 0 Å². The second-order valence-corrected chi connectivity index (χ2v) is 4.39. The summed E-state index contributed by atoms with van der Waals surface area (Å²) in [5, 5.41) is 9.00. The first-order chi connectivity index (χ1) is 10.1. The molecule has 0 fully saturated rings. The molecule has 0 bridgehead atoms. The highest BCUT2D eigenvalue weighted by atomic mass is 19.2. The van der Waals surface area contributed by atoms with E-state index in [2.05, 4.69) is 9.97 Å². The summed E-state index contributed by atoms with van der Waals surface area (Å²) in [7, 11) is 0. The highest BCUT2D eigenvalue weighted by Gasteiger charge is 2.17. The number of benzene rings is 1. The number of halogens is 2. The van der Waals surface area contributed by atoms with E-state index in [1.807, 2.05) is 0 Å². The highest BCUT2D eigenvalue weighted by molar-refractivity contribution is 5.82. The number of carbonyl (C=O) groups is 1. The van der Waals surface area contributed by atoms with Crippen molar-refractivity contribution in [1.82, 2.24) is 14.5 Å². The number of carboxylic acids is 1. The molecule has 0 atom stereocenters. The molecule has 3 rings (SSSR count). The molecule has 0 radical (unpaired) electrons. The van der Waals surface area contributed by atoms with Crippen molar-refractivity contribution >= 4 is 17.0 Å². The molecule has 21 heavy (non-hydrogen) atoms. The average Bonchev–Trinajstić information content (AvgIpc) is 2.78. The Bertz CT molecular complexity index is 831. The molecular weight excluding hydrogens is 280 g/mol. The van der Waals surface area contributed by atoms with E-state index in [1.54, 1.807) is 18.2 Å². The maximum Gasteiger partial charge on any atom is 0.323 e. The Labute approximate surface area is 117 Å². The van der Waals surface area contributed by atoms with Crippen molar-refractivity contribution in [1.29, 1.82) is 0 Å². The van der Waals surface area contributed by atoms with Gasteiger partial charge in [-0.05, 0) is 12.1 Å². The molecule has 2 aromatic heterocycles. The summed E-state index contributed by atoms with van der Waals surface area (Å²) in [5.41, 5.74) is 0.809. The van der Waals surface area contributed by atoms with Gasteiger partial charge in [-0.2, -0.15) is 0 Å². The van der Waals surface area contributed by atoms with Gasteiger partial charge in [0.15, 0.2) is 17.5 Å². The van der Waals surface area contributed by atoms with Gasteiger partial charge < -0.3 is 9.67 Å². The molecule has 0 aliphatic heterocycles. The molecule has 0 saturated carbocycles. The number of rotatable bonds is 3. The SMILES string of the molecule is O=C(O)Cn1c(-c2ccccn2)nc2cc(F)c(F)cc21. The predicted molar refractivity (Wildman–Crippen MR) is 70.5 cm³/mol. The normalized spacial score (nSPS) is 11.0. The Morgan fingerprint density at radius 3 is 2.67 bits per heavy atom. The molecule has 5 nitrogen and oxygen atoms in total. The van der Waals surface area contributed by atoms with Gasteiger partial charge in [0.05, 0.1) is 11.0 Å². The Morgan fingerprint density at radius 1 is 1.24 bits per heavy atom. The van der Waals surface area contributed by atoms with Gasteiger partial charge in [0, 0.05) is 18.3 Å². The molecule has 0 unspecified atom stereocenters. The van der Waals surface area contributed by atoms with E-state index < -0.39 is 24.1 Å². The maximum atomic E-state index is 13.4. The fourth-order valence-electron chi connectivity index (χ4n) is 2.11. The zero-order valence-corrected chi connectivity index (χ0v) is 10.6. The number of pyridine rings is 1. The van der Waals surface area contributed by atoms with Crippen LogP contribution in [0.5, 0.6) is 0 Å². The van der Waals surface area contributed by atoms with Gasteiger partial charge in [0.1, 0.15) is 12.2 Å². The topological polar surface area (TPSA) is 68.0 Å². The minimum absolute atomic E-state index is 0.177. The van der Waals surface area contributed by atoms with Gasteiger partial charge in [0.2, 0.25) is 0 Å². The van der Waals surface area contributed by atoms with E-state index >= 15 is 0 Å².